The van der Waals surface area contributed by atoms with Crippen LogP contribution in [0.3, 0.4) is 0 Å². The summed E-state index contributed by atoms with van der Waals surface area (Å²) in [6.45, 7) is 7.95. The number of nitrogens with zero attached hydrogens (tertiary/aromatic N) is 2. The molecule has 0 aliphatic carbocycles. The predicted molar refractivity (Wildman–Crippen MR) is 81.9 cm³/mol. The van der Waals surface area contributed by atoms with E-state index >= 15 is 0 Å². The van der Waals surface area contributed by atoms with E-state index in [9.17, 15) is 4.79 Å². The van der Waals surface area contributed by atoms with Crippen LogP contribution in [0.1, 0.15) is 60.8 Å². The molecule has 3 nitrogen and oxygen atoms in total. The first-order chi connectivity index (χ1) is 9.60. The Hall–Kier alpha value is -1.38. The zero-order chi connectivity index (χ0) is 14.5. The van der Waals surface area contributed by atoms with Crippen LogP contribution < -0.4 is 0 Å². The third-order valence-corrected chi connectivity index (χ3v) is 4.20. The van der Waals surface area contributed by atoms with Crippen molar-refractivity contribution in [2.24, 2.45) is 5.92 Å². The van der Waals surface area contributed by atoms with E-state index in [0.29, 0.717) is 0 Å². The third-order valence-electron chi connectivity index (χ3n) is 4.20. The number of likely N-dealkylation sites (tertiary alicyclic amines) is 1. The molecule has 0 aromatic carbocycles. The van der Waals surface area contributed by atoms with Gasteiger partial charge in [-0.2, -0.15) is 0 Å². The van der Waals surface area contributed by atoms with E-state index in [4.69, 9.17) is 0 Å². The van der Waals surface area contributed by atoms with E-state index < -0.39 is 0 Å². The summed E-state index contributed by atoms with van der Waals surface area (Å²) in [6.07, 6.45) is 6.24. The molecule has 1 aliphatic rings. The monoisotopic (exact) mass is 274 g/mol. The van der Waals surface area contributed by atoms with Crippen molar-refractivity contribution in [1.82, 2.24) is 9.88 Å². The van der Waals surface area contributed by atoms with Gasteiger partial charge in [0, 0.05) is 30.0 Å². The van der Waals surface area contributed by atoms with Gasteiger partial charge in [-0.1, -0.05) is 26.2 Å². The third kappa shape index (κ3) is 3.81. The summed E-state index contributed by atoms with van der Waals surface area (Å²) in [5.74, 6) is 0.993. The van der Waals surface area contributed by atoms with Crippen molar-refractivity contribution in [2.75, 3.05) is 13.1 Å². The Labute approximate surface area is 122 Å². The molecule has 0 spiro atoms. The molecule has 2 rings (SSSR count). The fourth-order valence-electron chi connectivity index (χ4n) is 3.06. The number of aromatic nitrogens is 1. The van der Waals surface area contributed by atoms with E-state index in [-0.39, 0.29) is 5.91 Å². The highest BCUT2D eigenvalue weighted by molar-refractivity contribution is 5.94. The van der Waals surface area contributed by atoms with Crippen LogP contribution in [0.4, 0.5) is 0 Å². The number of pyridine rings is 1. The molecule has 0 atom stereocenters. The lowest BCUT2D eigenvalue weighted by Gasteiger charge is -2.32. The average molecular weight is 274 g/mol. The molecule has 1 aromatic rings. The van der Waals surface area contributed by atoms with Crippen LogP contribution >= 0.6 is 0 Å². The van der Waals surface area contributed by atoms with Crippen molar-refractivity contribution in [1.29, 1.82) is 0 Å². The van der Waals surface area contributed by atoms with Crippen molar-refractivity contribution >= 4 is 5.91 Å². The van der Waals surface area contributed by atoms with Crippen molar-refractivity contribution < 1.29 is 4.79 Å². The van der Waals surface area contributed by atoms with Gasteiger partial charge in [-0.3, -0.25) is 9.78 Å². The number of piperidine rings is 1. The van der Waals surface area contributed by atoms with Crippen LogP contribution in [0.2, 0.25) is 0 Å². The molecule has 2 heterocycles. The fraction of sp³-hybridized carbons (Fsp3) is 0.647. The number of rotatable bonds is 4. The Morgan fingerprint density at radius 1 is 1.25 bits per heavy atom. The van der Waals surface area contributed by atoms with Gasteiger partial charge < -0.3 is 4.90 Å². The maximum Gasteiger partial charge on any atom is 0.253 e. The Morgan fingerprint density at radius 3 is 2.40 bits per heavy atom. The molecule has 1 aromatic heterocycles. The minimum Gasteiger partial charge on any atom is -0.339 e. The number of carbonyl (C=O) groups excluding carboxylic acids is 1. The molecule has 1 saturated heterocycles. The van der Waals surface area contributed by atoms with Crippen LogP contribution in [0.15, 0.2) is 12.1 Å². The zero-order valence-corrected chi connectivity index (χ0v) is 13.0. The Bertz CT molecular complexity index is 442. The maximum absolute atomic E-state index is 12.5. The summed E-state index contributed by atoms with van der Waals surface area (Å²) in [4.78, 5) is 18.9. The minimum absolute atomic E-state index is 0.174. The molecule has 0 unspecified atom stereocenters. The second-order valence-electron chi connectivity index (χ2n) is 6.02. The Kier molecular flexibility index (Phi) is 5.16. The summed E-state index contributed by atoms with van der Waals surface area (Å²) in [5.41, 5.74) is 2.64. The molecule has 0 saturated carbocycles. The summed E-state index contributed by atoms with van der Waals surface area (Å²) in [5, 5.41) is 0. The van der Waals surface area contributed by atoms with Crippen LogP contribution in [-0.2, 0) is 0 Å². The Balaban J connectivity index is 1.94. The Morgan fingerprint density at radius 2 is 1.85 bits per heavy atom. The number of unbranched alkanes of at least 4 members (excludes halogenated alkanes) is 1. The van der Waals surface area contributed by atoms with E-state index in [1.807, 2.05) is 30.9 Å². The van der Waals surface area contributed by atoms with Crippen LogP contribution in [0, 0.1) is 19.8 Å². The number of hydrogen-bond donors (Lipinski definition) is 0. The van der Waals surface area contributed by atoms with Gasteiger partial charge in [0.1, 0.15) is 0 Å². The largest absolute Gasteiger partial charge is 0.339 e. The summed E-state index contributed by atoms with van der Waals surface area (Å²) >= 11 is 0. The first-order valence-electron chi connectivity index (χ1n) is 7.84. The molecule has 1 amide bonds. The van der Waals surface area contributed by atoms with E-state index in [0.717, 1.165) is 48.8 Å². The van der Waals surface area contributed by atoms with Crippen LogP contribution in [0.25, 0.3) is 0 Å². The van der Waals surface area contributed by atoms with Crippen molar-refractivity contribution in [3.8, 4) is 0 Å². The molecule has 0 N–H and O–H groups in total. The molecule has 0 bridgehead atoms. The minimum atomic E-state index is 0.174. The van der Waals surface area contributed by atoms with Gasteiger partial charge in [-0.15, -0.1) is 0 Å². The lowest BCUT2D eigenvalue weighted by Crippen LogP contribution is -2.38. The highest BCUT2D eigenvalue weighted by Gasteiger charge is 2.23. The van der Waals surface area contributed by atoms with Crippen molar-refractivity contribution in [3.05, 3.63) is 29.1 Å². The topological polar surface area (TPSA) is 33.2 Å². The molecular formula is C17H26N2O. The normalized spacial score (nSPS) is 16.4. The summed E-state index contributed by atoms with van der Waals surface area (Å²) in [6, 6.07) is 3.80. The number of aryl methyl sites for hydroxylation is 2. The second kappa shape index (κ2) is 6.87. The van der Waals surface area contributed by atoms with Gasteiger partial charge in [-0.05, 0) is 44.7 Å². The van der Waals surface area contributed by atoms with E-state index in [1.54, 1.807) is 0 Å². The molecule has 1 fully saturated rings. The number of carbonyl (C=O) groups is 1. The average Bonchev–Trinajstić information content (AvgIpc) is 2.44. The second-order valence-corrected chi connectivity index (χ2v) is 6.02. The maximum atomic E-state index is 12.5. The molecule has 110 valence electrons. The quantitative estimate of drug-likeness (QED) is 0.838. The highest BCUT2D eigenvalue weighted by Crippen LogP contribution is 2.23. The summed E-state index contributed by atoms with van der Waals surface area (Å²) in [7, 11) is 0. The van der Waals surface area contributed by atoms with Gasteiger partial charge in [0.25, 0.3) is 5.91 Å². The van der Waals surface area contributed by atoms with Gasteiger partial charge in [0.05, 0.1) is 0 Å². The van der Waals surface area contributed by atoms with Gasteiger partial charge in [-0.25, -0.2) is 0 Å². The first kappa shape index (κ1) is 15.0. The van der Waals surface area contributed by atoms with E-state index in [2.05, 4.69) is 11.9 Å². The first-order valence-corrected chi connectivity index (χ1v) is 7.84. The van der Waals surface area contributed by atoms with Crippen LogP contribution in [-0.4, -0.2) is 28.9 Å². The number of amides is 1. The fourth-order valence-corrected chi connectivity index (χ4v) is 3.06. The van der Waals surface area contributed by atoms with Gasteiger partial charge in [0.2, 0.25) is 0 Å². The molecule has 3 heteroatoms. The van der Waals surface area contributed by atoms with E-state index in [1.165, 1.54) is 19.3 Å². The molecular weight excluding hydrogens is 248 g/mol. The van der Waals surface area contributed by atoms with Crippen molar-refractivity contribution in [3.63, 3.8) is 0 Å². The summed E-state index contributed by atoms with van der Waals surface area (Å²) < 4.78 is 0. The SMILES string of the molecule is CCCCC1CCN(C(=O)c2cc(C)nc(C)c2)CC1. The van der Waals surface area contributed by atoms with Crippen LogP contribution in [0.5, 0.6) is 0 Å². The highest BCUT2D eigenvalue weighted by atomic mass is 16.2. The molecule has 0 radical (unpaired) electrons. The standard InChI is InChI=1S/C17H26N2O/c1-4-5-6-15-7-9-19(10-8-15)17(20)16-11-13(2)18-14(3)12-16/h11-12,15H,4-10H2,1-3H3. The van der Waals surface area contributed by atoms with Crippen molar-refractivity contribution in [2.45, 2.75) is 52.9 Å². The molecule has 20 heavy (non-hydrogen) atoms. The number of hydrogen-bond acceptors (Lipinski definition) is 2. The lowest BCUT2D eigenvalue weighted by atomic mass is 9.91. The van der Waals surface area contributed by atoms with Gasteiger partial charge in [0.15, 0.2) is 0 Å². The smallest absolute Gasteiger partial charge is 0.253 e. The predicted octanol–water partition coefficient (Wildman–Crippen LogP) is 3.74. The van der Waals surface area contributed by atoms with Gasteiger partial charge >= 0.3 is 0 Å². The zero-order valence-electron chi connectivity index (χ0n) is 13.0. The molecule has 1 aliphatic heterocycles. The lowest BCUT2D eigenvalue weighted by molar-refractivity contribution is 0.0685.